The normalized spacial score (nSPS) is 18.7. The lowest BCUT2D eigenvalue weighted by molar-refractivity contribution is -0.121. The number of rotatable bonds is 4. The van der Waals surface area contributed by atoms with Crippen LogP contribution in [0, 0.1) is 0 Å². The molecule has 0 spiro atoms. The number of anilines is 1. The van der Waals surface area contributed by atoms with Crippen LogP contribution in [0.25, 0.3) is 0 Å². The van der Waals surface area contributed by atoms with E-state index in [0.717, 1.165) is 19.5 Å². The summed E-state index contributed by atoms with van der Waals surface area (Å²) < 4.78 is 0. The SMILES string of the molecule is CC(N)CC(=O)NC1CCN(c2ccccc2)C1.Cl.Cl. The number of para-hydroxylation sites is 1. The molecule has 0 aromatic heterocycles. The maximum atomic E-state index is 11.6. The Kier molecular flexibility index (Phi) is 8.62. The molecule has 0 saturated carbocycles. The van der Waals surface area contributed by atoms with Crippen molar-refractivity contribution in [2.45, 2.75) is 31.8 Å². The van der Waals surface area contributed by atoms with Gasteiger partial charge >= 0.3 is 0 Å². The summed E-state index contributed by atoms with van der Waals surface area (Å²) >= 11 is 0. The predicted octanol–water partition coefficient (Wildman–Crippen LogP) is 1.96. The van der Waals surface area contributed by atoms with Crippen molar-refractivity contribution < 1.29 is 4.79 Å². The highest BCUT2D eigenvalue weighted by Crippen LogP contribution is 2.19. The van der Waals surface area contributed by atoms with Gasteiger partial charge in [0.1, 0.15) is 0 Å². The second-order valence-electron chi connectivity index (χ2n) is 5.02. The first-order valence-electron chi connectivity index (χ1n) is 6.50. The minimum atomic E-state index is -0.0726. The van der Waals surface area contributed by atoms with E-state index in [-0.39, 0.29) is 42.8 Å². The zero-order valence-electron chi connectivity index (χ0n) is 11.6. The van der Waals surface area contributed by atoms with Crippen LogP contribution < -0.4 is 16.0 Å². The minimum absolute atomic E-state index is 0. The van der Waals surface area contributed by atoms with Crippen LogP contribution in [0.2, 0.25) is 0 Å². The van der Waals surface area contributed by atoms with Crippen LogP contribution in [0.3, 0.4) is 0 Å². The van der Waals surface area contributed by atoms with E-state index in [1.807, 2.05) is 25.1 Å². The number of nitrogens with two attached hydrogens (primary N) is 1. The number of carbonyl (C=O) groups is 1. The Balaban J connectivity index is 0.00000180. The number of nitrogens with one attached hydrogen (secondary N) is 1. The maximum Gasteiger partial charge on any atom is 0.221 e. The van der Waals surface area contributed by atoms with Gasteiger partial charge in [-0.05, 0) is 25.5 Å². The number of benzene rings is 1. The highest BCUT2D eigenvalue weighted by atomic mass is 35.5. The van der Waals surface area contributed by atoms with Crippen molar-refractivity contribution in [1.82, 2.24) is 5.32 Å². The smallest absolute Gasteiger partial charge is 0.221 e. The highest BCUT2D eigenvalue weighted by molar-refractivity contribution is 5.85. The van der Waals surface area contributed by atoms with Gasteiger partial charge in [0.25, 0.3) is 0 Å². The molecule has 2 rings (SSSR count). The lowest BCUT2D eigenvalue weighted by atomic mass is 10.2. The summed E-state index contributed by atoms with van der Waals surface area (Å²) in [6.45, 7) is 3.73. The fourth-order valence-corrected chi connectivity index (χ4v) is 2.33. The van der Waals surface area contributed by atoms with Gasteiger partial charge in [0.2, 0.25) is 5.91 Å². The van der Waals surface area contributed by atoms with E-state index >= 15 is 0 Å². The fraction of sp³-hybridized carbons (Fsp3) is 0.500. The molecule has 0 aliphatic carbocycles. The molecule has 4 nitrogen and oxygen atoms in total. The largest absolute Gasteiger partial charge is 0.369 e. The molecule has 3 N–H and O–H groups in total. The molecule has 0 bridgehead atoms. The summed E-state index contributed by atoms with van der Waals surface area (Å²) in [7, 11) is 0. The molecular weight excluding hydrogens is 297 g/mol. The van der Waals surface area contributed by atoms with Crippen molar-refractivity contribution in [3.05, 3.63) is 30.3 Å². The van der Waals surface area contributed by atoms with E-state index in [1.165, 1.54) is 5.69 Å². The monoisotopic (exact) mass is 319 g/mol. The van der Waals surface area contributed by atoms with Crippen molar-refractivity contribution in [3.63, 3.8) is 0 Å². The third-order valence-electron chi connectivity index (χ3n) is 3.18. The van der Waals surface area contributed by atoms with E-state index in [9.17, 15) is 4.79 Å². The van der Waals surface area contributed by atoms with Gasteiger partial charge in [-0.2, -0.15) is 0 Å². The van der Waals surface area contributed by atoms with Gasteiger partial charge in [0.05, 0.1) is 0 Å². The Morgan fingerprint density at radius 2 is 2.05 bits per heavy atom. The number of hydrogen-bond acceptors (Lipinski definition) is 3. The first-order valence-corrected chi connectivity index (χ1v) is 6.50. The lowest BCUT2D eigenvalue weighted by Gasteiger charge is -2.19. The van der Waals surface area contributed by atoms with Gasteiger partial charge in [0, 0.05) is 37.3 Å². The number of halogens is 2. The number of nitrogens with zero attached hydrogens (tertiary/aromatic N) is 1. The molecule has 1 saturated heterocycles. The molecule has 2 unspecified atom stereocenters. The molecule has 1 aromatic rings. The highest BCUT2D eigenvalue weighted by Gasteiger charge is 2.23. The van der Waals surface area contributed by atoms with E-state index in [0.29, 0.717) is 6.42 Å². The van der Waals surface area contributed by atoms with Crippen LogP contribution in [0.4, 0.5) is 5.69 Å². The van der Waals surface area contributed by atoms with E-state index in [2.05, 4.69) is 22.3 Å². The molecule has 2 atom stereocenters. The molecule has 1 heterocycles. The Labute approximate surface area is 132 Å². The molecule has 1 aromatic carbocycles. The number of hydrogen-bond donors (Lipinski definition) is 2. The molecule has 0 radical (unpaired) electrons. The van der Waals surface area contributed by atoms with Crippen LogP contribution in [-0.4, -0.2) is 31.1 Å². The van der Waals surface area contributed by atoms with Crippen LogP contribution >= 0.6 is 24.8 Å². The summed E-state index contributed by atoms with van der Waals surface area (Å²) in [6, 6.07) is 10.5. The lowest BCUT2D eigenvalue weighted by Crippen LogP contribution is -2.39. The third-order valence-corrected chi connectivity index (χ3v) is 3.18. The standard InChI is InChI=1S/C14H21N3O.2ClH/c1-11(15)9-14(18)16-12-7-8-17(10-12)13-5-3-2-4-6-13;;/h2-6,11-12H,7-10,15H2,1H3,(H,16,18);2*1H. The van der Waals surface area contributed by atoms with E-state index in [1.54, 1.807) is 0 Å². The number of carbonyl (C=O) groups excluding carboxylic acids is 1. The Morgan fingerprint density at radius 1 is 1.40 bits per heavy atom. The van der Waals surface area contributed by atoms with Gasteiger partial charge in [-0.25, -0.2) is 0 Å². The average molecular weight is 320 g/mol. The van der Waals surface area contributed by atoms with E-state index < -0.39 is 0 Å². The molecule has 1 amide bonds. The molecule has 1 aliphatic heterocycles. The molecular formula is C14H23Cl2N3O. The Bertz CT molecular complexity index is 401. The van der Waals surface area contributed by atoms with Crippen molar-refractivity contribution in [3.8, 4) is 0 Å². The van der Waals surface area contributed by atoms with Crippen LogP contribution in [-0.2, 0) is 4.79 Å². The molecule has 1 fully saturated rings. The Hall–Kier alpha value is -0.970. The van der Waals surface area contributed by atoms with Crippen molar-refractivity contribution in [2.75, 3.05) is 18.0 Å². The van der Waals surface area contributed by atoms with Crippen molar-refractivity contribution in [2.24, 2.45) is 5.73 Å². The maximum absolute atomic E-state index is 11.6. The van der Waals surface area contributed by atoms with Crippen molar-refractivity contribution in [1.29, 1.82) is 0 Å². The summed E-state index contributed by atoms with van der Waals surface area (Å²) in [6.07, 6.45) is 1.40. The summed E-state index contributed by atoms with van der Waals surface area (Å²) in [5.41, 5.74) is 6.84. The fourth-order valence-electron chi connectivity index (χ4n) is 2.33. The van der Waals surface area contributed by atoms with Crippen LogP contribution in [0.1, 0.15) is 19.8 Å². The minimum Gasteiger partial charge on any atom is -0.369 e. The zero-order chi connectivity index (χ0) is 13.0. The average Bonchev–Trinajstić information content (AvgIpc) is 2.77. The molecule has 114 valence electrons. The van der Waals surface area contributed by atoms with Gasteiger partial charge in [-0.3, -0.25) is 4.79 Å². The first-order chi connectivity index (χ1) is 8.65. The van der Waals surface area contributed by atoms with Gasteiger partial charge in [-0.15, -0.1) is 24.8 Å². The predicted molar refractivity (Wildman–Crippen MR) is 88.0 cm³/mol. The molecule has 6 heteroatoms. The summed E-state index contributed by atoms with van der Waals surface area (Å²) in [4.78, 5) is 13.9. The van der Waals surface area contributed by atoms with Crippen molar-refractivity contribution >= 4 is 36.4 Å². The first kappa shape index (κ1) is 19.0. The van der Waals surface area contributed by atoms with E-state index in [4.69, 9.17) is 5.73 Å². The summed E-state index contributed by atoms with van der Waals surface area (Å²) in [5.74, 6) is 0.0601. The van der Waals surface area contributed by atoms with Gasteiger partial charge < -0.3 is 16.0 Å². The third kappa shape index (κ3) is 5.57. The molecule has 1 aliphatic rings. The second kappa shape index (κ2) is 9.06. The van der Waals surface area contributed by atoms with Crippen LogP contribution in [0.5, 0.6) is 0 Å². The van der Waals surface area contributed by atoms with Gasteiger partial charge in [-0.1, -0.05) is 18.2 Å². The topological polar surface area (TPSA) is 58.4 Å². The van der Waals surface area contributed by atoms with Gasteiger partial charge in [0.15, 0.2) is 0 Å². The zero-order valence-corrected chi connectivity index (χ0v) is 13.3. The molecule has 20 heavy (non-hydrogen) atoms. The quantitative estimate of drug-likeness (QED) is 0.892. The number of amides is 1. The van der Waals surface area contributed by atoms with Crippen LogP contribution in [0.15, 0.2) is 30.3 Å². The second-order valence-corrected chi connectivity index (χ2v) is 5.02. The Morgan fingerprint density at radius 3 is 2.65 bits per heavy atom. The summed E-state index contributed by atoms with van der Waals surface area (Å²) in [5, 5.41) is 3.05.